The molecular formula is C51H98NO8+. The Labute approximate surface area is 370 Å². The number of hydrogen-bond donors (Lipinski definition) is 1. The third-order valence-corrected chi connectivity index (χ3v) is 11.3. The third kappa shape index (κ3) is 44.1. The molecule has 0 bridgehead atoms. The topological polar surface area (TPSA) is 108 Å². The minimum Gasteiger partial charge on any atom is -0.477 e. The van der Waals surface area contributed by atoms with Crippen LogP contribution in [-0.2, 0) is 33.3 Å². The summed E-state index contributed by atoms with van der Waals surface area (Å²) in [7, 11) is 5.97. The number of carbonyl (C=O) groups is 3. The van der Waals surface area contributed by atoms with E-state index in [1.165, 1.54) is 161 Å². The van der Waals surface area contributed by atoms with Gasteiger partial charge in [0.15, 0.2) is 6.10 Å². The van der Waals surface area contributed by atoms with Gasteiger partial charge in [0.25, 0.3) is 6.29 Å². The number of carbonyl (C=O) groups excluding carboxylic acids is 2. The number of allylic oxidation sites excluding steroid dienone is 2. The maximum atomic E-state index is 12.8. The van der Waals surface area contributed by atoms with Crippen molar-refractivity contribution in [3.63, 3.8) is 0 Å². The van der Waals surface area contributed by atoms with Crippen LogP contribution in [0, 0.1) is 0 Å². The molecule has 0 fully saturated rings. The molecule has 0 spiro atoms. The summed E-state index contributed by atoms with van der Waals surface area (Å²) in [5, 5.41) is 9.66. The van der Waals surface area contributed by atoms with Crippen LogP contribution in [0.4, 0.5) is 0 Å². The highest BCUT2D eigenvalue weighted by Gasteiger charge is 2.25. The second-order valence-electron chi connectivity index (χ2n) is 18.5. The molecule has 0 aromatic rings. The number of carboxylic acid groups (broad SMARTS) is 1. The molecule has 354 valence electrons. The van der Waals surface area contributed by atoms with E-state index in [0.717, 1.165) is 51.4 Å². The number of aliphatic carboxylic acids is 1. The van der Waals surface area contributed by atoms with Crippen LogP contribution in [0.5, 0.6) is 0 Å². The molecule has 9 heteroatoms. The van der Waals surface area contributed by atoms with Gasteiger partial charge in [-0.25, -0.2) is 4.79 Å². The molecule has 1 N–H and O–H groups in total. The van der Waals surface area contributed by atoms with Crippen molar-refractivity contribution in [1.82, 2.24) is 0 Å². The van der Waals surface area contributed by atoms with Crippen molar-refractivity contribution in [2.75, 3.05) is 47.5 Å². The molecule has 0 amide bonds. The van der Waals surface area contributed by atoms with E-state index in [1.54, 1.807) is 0 Å². The average Bonchev–Trinajstić information content (AvgIpc) is 3.21. The first-order valence-electron chi connectivity index (χ1n) is 25.4. The lowest BCUT2D eigenvalue weighted by Crippen LogP contribution is -2.40. The molecule has 0 aliphatic carbocycles. The van der Waals surface area contributed by atoms with E-state index in [1.807, 2.05) is 21.1 Å². The first-order chi connectivity index (χ1) is 29.1. The fourth-order valence-electron chi connectivity index (χ4n) is 7.30. The summed E-state index contributed by atoms with van der Waals surface area (Å²) >= 11 is 0. The average molecular weight is 853 g/mol. The van der Waals surface area contributed by atoms with E-state index in [-0.39, 0.29) is 32.2 Å². The highest BCUT2D eigenvalue weighted by molar-refractivity contribution is 5.71. The SMILES string of the molecule is CCCCCCCC/C=C\CCCCCCCCCC(=O)OC(COC(=O)CCCCCCCCCCCCCCCCCCCC)COC(OCC[N+](C)(C)C)C(=O)O. The summed E-state index contributed by atoms with van der Waals surface area (Å²) < 4.78 is 22.8. The van der Waals surface area contributed by atoms with Gasteiger partial charge in [0.2, 0.25) is 0 Å². The smallest absolute Gasteiger partial charge is 0.361 e. The van der Waals surface area contributed by atoms with Crippen LogP contribution in [0.2, 0.25) is 0 Å². The number of quaternary nitrogens is 1. The van der Waals surface area contributed by atoms with Crippen molar-refractivity contribution >= 4 is 17.9 Å². The van der Waals surface area contributed by atoms with Gasteiger partial charge in [0.1, 0.15) is 13.2 Å². The van der Waals surface area contributed by atoms with Crippen LogP contribution >= 0.6 is 0 Å². The molecule has 0 heterocycles. The number of ether oxygens (including phenoxy) is 4. The molecule has 9 nitrogen and oxygen atoms in total. The van der Waals surface area contributed by atoms with E-state index in [2.05, 4.69) is 26.0 Å². The van der Waals surface area contributed by atoms with Gasteiger partial charge in [-0.3, -0.25) is 9.59 Å². The number of likely N-dealkylation sites (N-methyl/N-ethyl adjacent to an activating group) is 1. The Balaban J connectivity index is 4.33. The zero-order chi connectivity index (χ0) is 44.2. The van der Waals surface area contributed by atoms with Gasteiger partial charge in [-0.05, 0) is 38.5 Å². The maximum absolute atomic E-state index is 12.8. The monoisotopic (exact) mass is 853 g/mol. The predicted octanol–water partition coefficient (Wildman–Crippen LogP) is 13.8. The lowest BCUT2D eigenvalue weighted by molar-refractivity contribution is -0.870. The van der Waals surface area contributed by atoms with Gasteiger partial charge < -0.3 is 28.5 Å². The molecule has 0 aromatic carbocycles. The van der Waals surface area contributed by atoms with E-state index in [0.29, 0.717) is 17.4 Å². The lowest BCUT2D eigenvalue weighted by Gasteiger charge is -2.25. The number of rotatable bonds is 47. The van der Waals surface area contributed by atoms with Crippen molar-refractivity contribution in [1.29, 1.82) is 0 Å². The van der Waals surface area contributed by atoms with Gasteiger partial charge in [-0.2, -0.15) is 0 Å². The lowest BCUT2D eigenvalue weighted by atomic mass is 10.0. The Morgan fingerprint density at radius 3 is 1.23 bits per heavy atom. The summed E-state index contributed by atoms with van der Waals surface area (Å²) in [4.78, 5) is 37.2. The van der Waals surface area contributed by atoms with Crippen LogP contribution in [0.25, 0.3) is 0 Å². The minimum atomic E-state index is -1.51. The van der Waals surface area contributed by atoms with Gasteiger partial charge >= 0.3 is 17.9 Å². The van der Waals surface area contributed by atoms with Crippen molar-refractivity contribution < 1.29 is 42.9 Å². The fourth-order valence-corrected chi connectivity index (χ4v) is 7.30. The Hall–Kier alpha value is -1.97. The molecule has 2 unspecified atom stereocenters. The Bertz CT molecular complexity index is 996. The summed E-state index contributed by atoms with van der Waals surface area (Å²) in [6.07, 6.45) is 44.1. The third-order valence-electron chi connectivity index (χ3n) is 11.3. The highest BCUT2D eigenvalue weighted by atomic mass is 16.7. The van der Waals surface area contributed by atoms with Crippen molar-refractivity contribution in [2.24, 2.45) is 0 Å². The van der Waals surface area contributed by atoms with Crippen LogP contribution in [-0.4, -0.2) is 87.4 Å². The van der Waals surface area contributed by atoms with Gasteiger partial charge in [0, 0.05) is 12.8 Å². The van der Waals surface area contributed by atoms with E-state index in [4.69, 9.17) is 18.9 Å². The molecule has 0 saturated heterocycles. The molecular weight excluding hydrogens is 755 g/mol. The van der Waals surface area contributed by atoms with Gasteiger partial charge in [-0.15, -0.1) is 0 Å². The quantitative estimate of drug-likeness (QED) is 0.0212. The first-order valence-corrected chi connectivity index (χ1v) is 25.4. The second kappa shape index (κ2) is 43.7. The predicted molar refractivity (Wildman–Crippen MR) is 249 cm³/mol. The summed E-state index contributed by atoms with van der Waals surface area (Å²) in [5.74, 6) is -1.99. The number of nitrogens with zero attached hydrogens (tertiary/aromatic N) is 1. The van der Waals surface area contributed by atoms with Crippen molar-refractivity contribution in [3.8, 4) is 0 Å². The Morgan fingerprint density at radius 1 is 0.483 bits per heavy atom. The van der Waals surface area contributed by atoms with Gasteiger partial charge in [0.05, 0.1) is 34.4 Å². The summed E-state index contributed by atoms with van der Waals surface area (Å²) in [6.45, 7) is 4.90. The Morgan fingerprint density at radius 2 is 0.850 bits per heavy atom. The van der Waals surface area contributed by atoms with Crippen LogP contribution in [0.1, 0.15) is 239 Å². The molecule has 60 heavy (non-hydrogen) atoms. The molecule has 0 rings (SSSR count). The van der Waals surface area contributed by atoms with E-state index >= 15 is 0 Å². The minimum absolute atomic E-state index is 0.178. The maximum Gasteiger partial charge on any atom is 0.361 e. The molecule has 0 aliphatic heterocycles. The second-order valence-corrected chi connectivity index (χ2v) is 18.5. The van der Waals surface area contributed by atoms with Gasteiger partial charge in [-0.1, -0.05) is 199 Å². The van der Waals surface area contributed by atoms with Crippen molar-refractivity contribution in [3.05, 3.63) is 12.2 Å². The number of unbranched alkanes of at least 4 members (excludes halogenated alkanes) is 30. The van der Waals surface area contributed by atoms with E-state index in [9.17, 15) is 19.5 Å². The van der Waals surface area contributed by atoms with E-state index < -0.39 is 24.3 Å². The van der Waals surface area contributed by atoms with Crippen LogP contribution < -0.4 is 0 Å². The largest absolute Gasteiger partial charge is 0.477 e. The first kappa shape index (κ1) is 58.0. The molecule has 0 aliphatic rings. The van der Waals surface area contributed by atoms with Crippen LogP contribution in [0.15, 0.2) is 12.2 Å². The standard InChI is InChI=1S/C51H97NO8/c1-6-8-10-12-14-16-18-20-22-24-26-27-29-31-33-35-37-39-41-48(53)58-45-47(46-59-51(50(55)56)57-44-43-52(3,4)5)60-49(54)42-40-38-36-34-32-30-28-25-23-21-19-17-15-13-11-9-7-2/h21,23,47,51H,6-20,22,24-46H2,1-5H3/p+1/b23-21-. The highest BCUT2D eigenvalue weighted by Crippen LogP contribution is 2.16. The zero-order valence-electron chi connectivity index (χ0n) is 40.1. The molecule has 0 saturated carbocycles. The normalized spacial score (nSPS) is 12.9. The number of hydrogen-bond acceptors (Lipinski definition) is 7. The van der Waals surface area contributed by atoms with Crippen LogP contribution in [0.3, 0.4) is 0 Å². The van der Waals surface area contributed by atoms with Crippen molar-refractivity contribution in [2.45, 2.75) is 251 Å². The molecule has 2 atom stereocenters. The Kier molecular flexibility index (Phi) is 42.2. The summed E-state index contributed by atoms with van der Waals surface area (Å²) in [5.41, 5.74) is 0. The molecule has 0 radical (unpaired) electrons. The fraction of sp³-hybridized carbons (Fsp3) is 0.902. The zero-order valence-corrected chi connectivity index (χ0v) is 40.1. The summed E-state index contributed by atoms with van der Waals surface area (Å²) in [6, 6.07) is 0. The number of esters is 2. The molecule has 0 aromatic heterocycles. The number of carboxylic acids is 1.